The number of nitrogens with one attached hydrogen (secondary N) is 1. The maximum absolute atomic E-state index is 13.4. The summed E-state index contributed by atoms with van der Waals surface area (Å²) in [6.45, 7) is 20.6. The van der Waals surface area contributed by atoms with Crippen LogP contribution in [0, 0.1) is 63.1 Å². The summed E-state index contributed by atoms with van der Waals surface area (Å²) in [5, 5.41) is 4.55. The summed E-state index contributed by atoms with van der Waals surface area (Å²) in [6, 6.07) is 7.15. The van der Waals surface area contributed by atoms with Crippen LogP contribution in [-0.4, -0.2) is 27.8 Å². The first-order valence-electron chi connectivity index (χ1n) is 17.6. The van der Waals surface area contributed by atoms with Crippen molar-refractivity contribution < 1.29 is 13.3 Å². The van der Waals surface area contributed by atoms with Gasteiger partial charge in [0.1, 0.15) is 7.11 Å². The third kappa shape index (κ3) is 4.76. The van der Waals surface area contributed by atoms with Gasteiger partial charge < -0.3 is 4.84 Å². The summed E-state index contributed by atoms with van der Waals surface area (Å²) in [5.41, 5.74) is 3.93. The van der Waals surface area contributed by atoms with Gasteiger partial charge in [-0.15, -0.1) is 0 Å². The minimum atomic E-state index is -3.62. The third-order valence-corrected chi connectivity index (χ3v) is 16.9. The maximum atomic E-state index is 13.4. The Morgan fingerprint density at radius 2 is 1.43 bits per heavy atom. The number of benzene rings is 1. The van der Waals surface area contributed by atoms with Gasteiger partial charge in [-0.05, 0) is 140 Å². The molecule has 0 amide bonds. The lowest BCUT2D eigenvalue weighted by atomic mass is 9.30. The van der Waals surface area contributed by atoms with Gasteiger partial charge in [-0.3, -0.25) is 0 Å². The highest BCUT2D eigenvalue weighted by Gasteiger charge is 2.71. The molecule has 44 heavy (non-hydrogen) atoms. The average molecular weight is 625 g/mol. The standard InChI is InChI=1S/C38H60N2O3S/c1-26-10-12-27(13-11-26)44(41,42)39-25-28-29(40-43-9)14-15-30-35(28,5)17-16-31-36(30,6)21-23-38(8)32-24-33(2,3)18-19-34(32,4)20-22-37(31,38)7/h10-13,28,30-32,39H,14-25H2,1-9H3/b40-29+/t28-,30+,31-,32+,34+,35+,36-,37+,38-/m0/s1. The number of hydrogen-bond donors (Lipinski definition) is 1. The lowest BCUT2D eigenvalue weighted by Crippen LogP contribution is -2.68. The van der Waals surface area contributed by atoms with Crippen molar-refractivity contribution in [3.05, 3.63) is 29.8 Å². The van der Waals surface area contributed by atoms with Crippen molar-refractivity contribution >= 4 is 15.7 Å². The zero-order valence-corrected chi connectivity index (χ0v) is 30.0. The first-order chi connectivity index (χ1) is 20.4. The molecule has 1 N–H and O–H groups in total. The van der Waals surface area contributed by atoms with E-state index in [2.05, 4.69) is 58.3 Å². The summed E-state index contributed by atoms with van der Waals surface area (Å²) < 4.78 is 29.9. The van der Waals surface area contributed by atoms with Gasteiger partial charge in [0.15, 0.2) is 0 Å². The molecule has 6 heteroatoms. The first-order valence-corrected chi connectivity index (χ1v) is 19.1. The van der Waals surface area contributed by atoms with Crippen molar-refractivity contribution in [3.63, 3.8) is 0 Å². The second-order valence-corrected chi connectivity index (χ2v) is 19.9. The van der Waals surface area contributed by atoms with Crippen molar-refractivity contribution in [2.24, 2.45) is 61.3 Å². The van der Waals surface area contributed by atoms with Crippen LogP contribution in [0.15, 0.2) is 34.3 Å². The summed E-state index contributed by atoms with van der Waals surface area (Å²) in [7, 11) is -2.00. The normalized spacial score (nSPS) is 45.9. The molecule has 0 bridgehead atoms. The van der Waals surface area contributed by atoms with Crippen LogP contribution in [0.2, 0.25) is 0 Å². The Balaban J connectivity index is 1.31. The fraction of sp³-hybridized carbons (Fsp3) is 0.816. The van der Waals surface area contributed by atoms with Gasteiger partial charge in [-0.1, -0.05) is 71.3 Å². The highest BCUT2D eigenvalue weighted by Crippen LogP contribution is 2.78. The quantitative estimate of drug-likeness (QED) is 0.332. The van der Waals surface area contributed by atoms with Gasteiger partial charge >= 0.3 is 0 Å². The number of oxime groups is 1. The molecule has 0 radical (unpaired) electrons. The molecule has 9 atom stereocenters. The van der Waals surface area contributed by atoms with E-state index in [9.17, 15) is 8.42 Å². The molecule has 0 aliphatic heterocycles. The molecular formula is C38H60N2O3S. The Kier molecular flexibility index (Phi) is 7.81. The molecule has 246 valence electrons. The summed E-state index contributed by atoms with van der Waals surface area (Å²) in [5.74, 6) is 2.06. The molecule has 0 aromatic heterocycles. The van der Waals surface area contributed by atoms with Crippen LogP contribution in [0.1, 0.15) is 125 Å². The molecule has 5 saturated carbocycles. The molecule has 5 nitrogen and oxygen atoms in total. The van der Waals surface area contributed by atoms with E-state index < -0.39 is 10.0 Å². The largest absolute Gasteiger partial charge is 0.399 e. The molecule has 0 heterocycles. The molecule has 0 spiro atoms. The minimum Gasteiger partial charge on any atom is -0.399 e. The molecule has 5 aliphatic rings. The summed E-state index contributed by atoms with van der Waals surface area (Å²) >= 11 is 0. The van der Waals surface area contributed by atoms with E-state index in [4.69, 9.17) is 4.84 Å². The molecule has 1 aromatic carbocycles. The van der Waals surface area contributed by atoms with Crippen molar-refractivity contribution in [2.75, 3.05) is 13.7 Å². The Morgan fingerprint density at radius 3 is 2.11 bits per heavy atom. The number of hydrogen-bond acceptors (Lipinski definition) is 4. The van der Waals surface area contributed by atoms with Crippen LogP contribution in [0.4, 0.5) is 0 Å². The molecule has 0 saturated heterocycles. The van der Waals surface area contributed by atoms with Gasteiger partial charge in [0, 0.05) is 12.5 Å². The van der Waals surface area contributed by atoms with Crippen LogP contribution in [0.3, 0.4) is 0 Å². The van der Waals surface area contributed by atoms with E-state index in [-0.39, 0.29) is 16.7 Å². The number of aryl methyl sites for hydroxylation is 1. The number of rotatable bonds is 5. The van der Waals surface area contributed by atoms with Gasteiger partial charge in [0.2, 0.25) is 10.0 Å². The van der Waals surface area contributed by atoms with Gasteiger partial charge in [-0.25, -0.2) is 13.1 Å². The first kappa shape index (κ1) is 32.5. The lowest BCUT2D eigenvalue weighted by molar-refractivity contribution is -0.254. The van der Waals surface area contributed by atoms with Crippen LogP contribution >= 0.6 is 0 Å². The Labute approximate surface area is 268 Å². The predicted molar refractivity (Wildman–Crippen MR) is 180 cm³/mol. The van der Waals surface area contributed by atoms with Crippen LogP contribution in [0.5, 0.6) is 0 Å². The Hall–Kier alpha value is -1.40. The van der Waals surface area contributed by atoms with Gasteiger partial charge in [0.05, 0.1) is 10.6 Å². The second kappa shape index (κ2) is 10.6. The Morgan fingerprint density at radius 1 is 0.795 bits per heavy atom. The van der Waals surface area contributed by atoms with Crippen molar-refractivity contribution in [2.45, 2.75) is 131 Å². The molecule has 5 fully saturated rings. The molecular weight excluding hydrogens is 564 g/mol. The highest BCUT2D eigenvalue weighted by atomic mass is 32.2. The fourth-order valence-electron chi connectivity index (χ4n) is 12.6. The highest BCUT2D eigenvalue weighted by molar-refractivity contribution is 7.89. The predicted octanol–water partition coefficient (Wildman–Crippen LogP) is 9.16. The van der Waals surface area contributed by atoms with Crippen LogP contribution in [-0.2, 0) is 14.9 Å². The smallest absolute Gasteiger partial charge is 0.240 e. The SMILES string of the molecule is CO/N=C1\CC[C@@H]2[C@](C)(CC[C@H]3[C@@]2(C)CC[C@@]2(C)[C@@H]4CC(C)(C)CC[C@]4(C)CC[C@]32C)[C@H]1CNS(=O)(=O)c1ccc(C)cc1. The van der Waals surface area contributed by atoms with E-state index in [1.165, 1.54) is 51.4 Å². The van der Waals surface area contributed by atoms with E-state index in [1.54, 1.807) is 19.2 Å². The zero-order valence-electron chi connectivity index (χ0n) is 29.2. The van der Waals surface area contributed by atoms with Crippen molar-refractivity contribution in [3.8, 4) is 0 Å². The lowest BCUT2D eigenvalue weighted by Gasteiger charge is -2.75. The topological polar surface area (TPSA) is 67.8 Å². The van der Waals surface area contributed by atoms with Gasteiger partial charge in [0.25, 0.3) is 0 Å². The number of fused-ring (bicyclic) bond motifs is 7. The molecule has 6 rings (SSSR count). The molecule has 5 aliphatic carbocycles. The number of nitrogens with zero attached hydrogens (tertiary/aromatic N) is 1. The van der Waals surface area contributed by atoms with Gasteiger partial charge in [-0.2, -0.15) is 0 Å². The van der Waals surface area contributed by atoms with E-state index in [0.717, 1.165) is 36.5 Å². The second-order valence-electron chi connectivity index (χ2n) is 18.1. The summed E-state index contributed by atoms with van der Waals surface area (Å²) in [4.78, 5) is 5.71. The molecule has 0 unspecified atom stereocenters. The average Bonchev–Trinajstić information content (AvgIpc) is 2.95. The van der Waals surface area contributed by atoms with Crippen LogP contribution < -0.4 is 4.72 Å². The maximum Gasteiger partial charge on any atom is 0.240 e. The number of sulfonamides is 1. The van der Waals surface area contributed by atoms with E-state index in [0.29, 0.717) is 44.9 Å². The van der Waals surface area contributed by atoms with E-state index >= 15 is 0 Å². The zero-order chi connectivity index (χ0) is 32.0. The van der Waals surface area contributed by atoms with Crippen molar-refractivity contribution in [1.82, 2.24) is 4.72 Å². The molecule has 1 aromatic rings. The van der Waals surface area contributed by atoms with Crippen molar-refractivity contribution in [1.29, 1.82) is 0 Å². The third-order valence-electron chi connectivity index (χ3n) is 15.5. The monoisotopic (exact) mass is 624 g/mol. The fourth-order valence-corrected chi connectivity index (χ4v) is 13.7. The van der Waals surface area contributed by atoms with Crippen LogP contribution in [0.25, 0.3) is 0 Å². The van der Waals surface area contributed by atoms with E-state index in [1.807, 2.05) is 19.1 Å². The summed E-state index contributed by atoms with van der Waals surface area (Å²) in [6.07, 6.45) is 13.8. The Bertz CT molecular complexity index is 1400. The minimum absolute atomic E-state index is 0.0223.